The summed E-state index contributed by atoms with van der Waals surface area (Å²) < 4.78 is 4.94. The summed E-state index contributed by atoms with van der Waals surface area (Å²) in [4.78, 5) is 24.2. The number of carbonyl (C=O) groups is 2. The molecule has 0 radical (unpaired) electrons. The average Bonchev–Trinajstić information content (AvgIpc) is 2.62. The third-order valence-electron chi connectivity index (χ3n) is 3.12. The lowest BCUT2D eigenvalue weighted by molar-refractivity contribution is -0.144. The fraction of sp³-hybridized carbons (Fsp3) is 0.167. The highest BCUT2D eigenvalue weighted by Crippen LogP contribution is 2.29. The number of nitriles is 1. The maximum absolute atomic E-state index is 11.8. The summed E-state index contributed by atoms with van der Waals surface area (Å²) in [6, 6.07) is 13.9. The molecule has 0 saturated heterocycles. The summed E-state index contributed by atoms with van der Waals surface area (Å²) in [6.07, 6.45) is 0.306. The van der Waals surface area contributed by atoms with Crippen LogP contribution < -0.4 is 5.32 Å². The summed E-state index contributed by atoms with van der Waals surface area (Å²) >= 11 is 13.1. The van der Waals surface area contributed by atoms with Crippen LogP contribution in [0.4, 0.5) is 5.69 Å². The lowest BCUT2D eigenvalue weighted by atomic mass is 10.1. The molecule has 26 heavy (non-hydrogen) atoms. The second-order valence-electron chi connectivity index (χ2n) is 5.10. The van der Waals surface area contributed by atoms with Crippen molar-refractivity contribution in [3.8, 4) is 6.07 Å². The number of amides is 1. The molecule has 0 unspecified atom stereocenters. The van der Waals surface area contributed by atoms with E-state index in [1.165, 1.54) is 11.8 Å². The van der Waals surface area contributed by atoms with Crippen LogP contribution in [0.3, 0.4) is 0 Å². The Hall–Kier alpha value is -2.20. The second kappa shape index (κ2) is 10.1. The molecular formula is C18H14Cl2N2O3S. The molecule has 0 aliphatic rings. The van der Waals surface area contributed by atoms with E-state index in [0.717, 1.165) is 5.56 Å². The third kappa shape index (κ3) is 6.60. The standard InChI is InChI=1S/C18H14Cl2N2O3S/c19-13-3-6-15(20)16(9-13)26-11-18(24)25-10-17(23)22-14-4-1-12(2-5-14)7-8-21/h1-6,9H,7,10-11H2,(H,22,23). The number of rotatable bonds is 7. The Morgan fingerprint density at radius 1 is 1.15 bits per heavy atom. The van der Waals surface area contributed by atoms with Crippen molar-refractivity contribution < 1.29 is 14.3 Å². The normalized spacial score (nSPS) is 10.0. The molecule has 0 aliphatic carbocycles. The molecule has 0 saturated carbocycles. The van der Waals surface area contributed by atoms with Gasteiger partial charge in [-0.25, -0.2) is 0 Å². The highest BCUT2D eigenvalue weighted by molar-refractivity contribution is 8.00. The number of carbonyl (C=O) groups excluding carboxylic acids is 2. The zero-order valence-corrected chi connectivity index (χ0v) is 15.8. The highest BCUT2D eigenvalue weighted by atomic mass is 35.5. The van der Waals surface area contributed by atoms with E-state index in [-0.39, 0.29) is 12.4 Å². The molecule has 0 heterocycles. The first-order chi connectivity index (χ1) is 12.5. The number of hydrogen-bond donors (Lipinski definition) is 1. The maximum atomic E-state index is 11.8. The Balaban J connectivity index is 1.75. The molecule has 134 valence electrons. The van der Waals surface area contributed by atoms with Gasteiger partial charge in [0.1, 0.15) is 0 Å². The minimum absolute atomic E-state index is 0.0101. The van der Waals surface area contributed by atoms with Gasteiger partial charge in [-0.1, -0.05) is 35.3 Å². The van der Waals surface area contributed by atoms with Crippen molar-refractivity contribution in [3.05, 3.63) is 58.1 Å². The van der Waals surface area contributed by atoms with Crippen LogP contribution in [0, 0.1) is 11.3 Å². The van der Waals surface area contributed by atoms with Crippen molar-refractivity contribution in [2.75, 3.05) is 17.7 Å². The molecule has 2 aromatic carbocycles. The number of esters is 1. The summed E-state index contributed by atoms with van der Waals surface area (Å²) in [5.74, 6) is -0.973. The Bertz CT molecular complexity index is 835. The molecule has 2 aromatic rings. The third-order valence-corrected chi connectivity index (χ3v) is 4.83. The minimum atomic E-state index is -0.537. The van der Waals surface area contributed by atoms with Crippen molar-refractivity contribution in [2.45, 2.75) is 11.3 Å². The van der Waals surface area contributed by atoms with Gasteiger partial charge in [-0.05, 0) is 35.9 Å². The number of benzene rings is 2. The first-order valence-corrected chi connectivity index (χ1v) is 9.21. The topological polar surface area (TPSA) is 79.2 Å². The minimum Gasteiger partial charge on any atom is -0.455 e. The van der Waals surface area contributed by atoms with Gasteiger partial charge in [0, 0.05) is 15.6 Å². The summed E-state index contributed by atoms with van der Waals surface area (Å²) in [6.45, 7) is -0.386. The number of nitrogens with zero attached hydrogens (tertiary/aromatic N) is 1. The Morgan fingerprint density at radius 2 is 1.88 bits per heavy atom. The van der Waals surface area contributed by atoms with Crippen LogP contribution in [0.1, 0.15) is 5.56 Å². The Labute approximate surface area is 165 Å². The maximum Gasteiger partial charge on any atom is 0.316 e. The largest absolute Gasteiger partial charge is 0.455 e. The van der Waals surface area contributed by atoms with Crippen LogP contribution in [-0.2, 0) is 20.7 Å². The van der Waals surface area contributed by atoms with Crippen LogP contribution in [0.5, 0.6) is 0 Å². The smallest absolute Gasteiger partial charge is 0.316 e. The van der Waals surface area contributed by atoms with Gasteiger partial charge in [-0.2, -0.15) is 5.26 Å². The molecule has 0 atom stereocenters. The van der Waals surface area contributed by atoms with Gasteiger partial charge >= 0.3 is 5.97 Å². The average molecular weight is 409 g/mol. The molecule has 5 nitrogen and oxygen atoms in total. The lowest BCUT2D eigenvalue weighted by Crippen LogP contribution is -2.21. The van der Waals surface area contributed by atoms with Gasteiger partial charge in [-0.15, -0.1) is 11.8 Å². The van der Waals surface area contributed by atoms with Crippen molar-refractivity contribution in [1.82, 2.24) is 0 Å². The van der Waals surface area contributed by atoms with Gasteiger partial charge in [-0.3, -0.25) is 9.59 Å². The van der Waals surface area contributed by atoms with Crippen LogP contribution in [-0.4, -0.2) is 24.2 Å². The quantitative estimate of drug-likeness (QED) is 0.544. The van der Waals surface area contributed by atoms with Crippen molar-refractivity contribution in [2.24, 2.45) is 0 Å². The number of hydrogen-bond acceptors (Lipinski definition) is 5. The first kappa shape index (κ1) is 20.1. The number of ether oxygens (including phenoxy) is 1. The van der Waals surface area contributed by atoms with Gasteiger partial charge < -0.3 is 10.1 Å². The molecule has 0 bridgehead atoms. The molecule has 8 heteroatoms. The van der Waals surface area contributed by atoms with E-state index in [1.54, 1.807) is 42.5 Å². The zero-order chi connectivity index (χ0) is 18.9. The monoisotopic (exact) mass is 408 g/mol. The lowest BCUT2D eigenvalue weighted by Gasteiger charge is -2.08. The first-order valence-electron chi connectivity index (χ1n) is 7.47. The van der Waals surface area contributed by atoms with E-state index >= 15 is 0 Å². The number of nitrogens with one attached hydrogen (secondary N) is 1. The van der Waals surface area contributed by atoms with Gasteiger partial charge in [0.15, 0.2) is 6.61 Å². The zero-order valence-electron chi connectivity index (χ0n) is 13.5. The van der Waals surface area contributed by atoms with Crippen LogP contribution in [0.2, 0.25) is 10.0 Å². The molecule has 0 aromatic heterocycles. The Kier molecular flexibility index (Phi) is 7.79. The van der Waals surface area contributed by atoms with Crippen LogP contribution in [0.15, 0.2) is 47.4 Å². The van der Waals surface area contributed by atoms with E-state index in [1.807, 2.05) is 6.07 Å². The van der Waals surface area contributed by atoms with Crippen molar-refractivity contribution in [1.29, 1.82) is 5.26 Å². The van der Waals surface area contributed by atoms with Crippen LogP contribution in [0.25, 0.3) is 0 Å². The summed E-state index contributed by atoms with van der Waals surface area (Å²) in [5.41, 5.74) is 1.42. The van der Waals surface area contributed by atoms with E-state index in [2.05, 4.69) is 5.32 Å². The van der Waals surface area contributed by atoms with E-state index in [9.17, 15) is 9.59 Å². The number of anilines is 1. The summed E-state index contributed by atoms with van der Waals surface area (Å²) in [7, 11) is 0. The Morgan fingerprint density at radius 3 is 2.58 bits per heavy atom. The molecule has 0 aliphatic heterocycles. The predicted molar refractivity (Wildman–Crippen MR) is 103 cm³/mol. The molecule has 0 spiro atoms. The second-order valence-corrected chi connectivity index (χ2v) is 6.96. The van der Waals surface area contributed by atoms with Gasteiger partial charge in [0.05, 0.1) is 23.3 Å². The van der Waals surface area contributed by atoms with Crippen LogP contribution >= 0.6 is 35.0 Å². The molecular weight excluding hydrogens is 395 g/mol. The number of halogens is 2. The highest BCUT2D eigenvalue weighted by Gasteiger charge is 2.10. The molecule has 1 N–H and O–H groups in total. The van der Waals surface area contributed by atoms with Crippen molar-refractivity contribution >= 4 is 52.5 Å². The van der Waals surface area contributed by atoms with E-state index < -0.39 is 11.9 Å². The summed E-state index contributed by atoms with van der Waals surface area (Å²) in [5, 5.41) is 12.2. The SMILES string of the molecule is N#CCc1ccc(NC(=O)COC(=O)CSc2cc(Cl)ccc2Cl)cc1. The molecule has 1 amide bonds. The van der Waals surface area contributed by atoms with E-state index in [0.29, 0.717) is 27.0 Å². The fourth-order valence-electron chi connectivity index (χ4n) is 1.91. The van der Waals surface area contributed by atoms with E-state index in [4.69, 9.17) is 33.2 Å². The molecule has 0 fully saturated rings. The van der Waals surface area contributed by atoms with Gasteiger partial charge in [0.2, 0.25) is 0 Å². The fourth-order valence-corrected chi connectivity index (χ4v) is 3.20. The number of thioether (sulfide) groups is 1. The van der Waals surface area contributed by atoms with Gasteiger partial charge in [0.25, 0.3) is 5.91 Å². The van der Waals surface area contributed by atoms with Crippen molar-refractivity contribution in [3.63, 3.8) is 0 Å². The molecule has 2 rings (SSSR count). The predicted octanol–water partition coefficient (Wildman–Crippen LogP) is 4.33.